The van der Waals surface area contributed by atoms with Crippen molar-refractivity contribution in [3.8, 4) is 0 Å². The Labute approximate surface area is 270 Å². The van der Waals surface area contributed by atoms with E-state index < -0.39 is 88.5 Å². The highest BCUT2D eigenvalue weighted by Gasteiger charge is 2.87. The van der Waals surface area contributed by atoms with Gasteiger partial charge in [0.2, 0.25) is 0 Å². The van der Waals surface area contributed by atoms with Crippen molar-refractivity contribution in [3.05, 3.63) is 23.8 Å². The molecule has 0 amide bonds. The van der Waals surface area contributed by atoms with Crippen LogP contribution in [0.5, 0.6) is 0 Å². The van der Waals surface area contributed by atoms with Crippen LogP contribution in [0.3, 0.4) is 0 Å². The summed E-state index contributed by atoms with van der Waals surface area (Å²) in [5, 5.41) is 12.3. The first kappa shape index (κ1) is 35.6. The number of esters is 5. The standard InChI is InChI=1S/C34H48O12/c1-9-10-11-12-13-14-27(38)44-23-18-25(42-21(4)36)31(6)16-15-24(41-20(3)35)32(7,40)28(31)29(43-22(5)37)34-26(17-19(23)2)45-30(39)33(34,8)46-34/h15-17,23-26,28-29,40H,9-14,18H2,1-8H3. The van der Waals surface area contributed by atoms with Crippen LogP contribution in [-0.4, -0.2) is 82.3 Å². The lowest BCUT2D eigenvalue weighted by Crippen LogP contribution is -2.67. The third-order valence-corrected chi connectivity index (χ3v) is 10.1. The van der Waals surface area contributed by atoms with Crippen molar-refractivity contribution < 1.29 is 57.5 Å². The maximum absolute atomic E-state index is 13.3. The van der Waals surface area contributed by atoms with Gasteiger partial charge >= 0.3 is 29.8 Å². The van der Waals surface area contributed by atoms with Crippen molar-refractivity contribution in [1.82, 2.24) is 0 Å². The molecular weight excluding hydrogens is 600 g/mol. The molecule has 46 heavy (non-hydrogen) atoms. The van der Waals surface area contributed by atoms with Gasteiger partial charge in [-0.2, -0.15) is 0 Å². The fourth-order valence-electron chi connectivity index (χ4n) is 7.65. The highest BCUT2D eigenvalue weighted by molar-refractivity contribution is 5.89. The van der Waals surface area contributed by atoms with Crippen LogP contribution in [0.1, 0.15) is 100 Å². The molecule has 2 fully saturated rings. The lowest BCUT2D eigenvalue weighted by atomic mass is 9.55. The Morgan fingerprint density at radius 2 is 1.57 bits per heavy atom. The predicted octanol–water partition coefficient (Wildman–Crippen LogP) is 3.80. The Hall–Kier alpha value is -3.25. The fourth-order valence-corrected chi connectivity index (χ4v) is 7.65. The molecule has 0 saturated carbocycles. The van der Waals surface area contributed by atoms with Gasteiger partial charge in [0, 0.05) is 44.9 Å². The molecule has 4 rings (SSSR count). The number of hydrogen-bond acceptors (Lipinski definition) is 12. The second kappa shape index (κ2) is 13.1. The smallest absolute Gasteiger partial charge is 0.342 e. The van der Waals surface area contributed by atoms with E-state index in [1.54, 1.807) is 26.0 Å². The number of ether oxygens (including phenoxy) is 6. The fraction of sp³-hybridized carbons (Fsp3) is 0.735. The molecule has 10 unspecified atom stereocenters. The first-order valence-electron chi connectivity index (χ1n) is 16.2. The Morgan fingerprint density at radius 1 is 0.935 bits per heavy atom. The van der Waals surface area contributed by atoms with Crippen LogP contribution >= 0.6 is 0 Å². The van der Waals surface area contributed by atoms with Crippen LogP contribution in [0.2, 0.25) is 0 Å². The molecule has 2 aliphatic carbocycles. The quantitative estimate of drug-likeness (QED) is 0.120. The molecule has 1 spiro atoms. The summed E-state index contributed by atoms with van der Waals surface area (Å²) in [7, 11) is 0. The van der Waals surface area contributed by atoms with E-state index in [4.69, 9.17) is 28.4 Å². The minimum Gasteiger partial charge on any atom is -0.461 e. The van der Waals surface area contributed by atoms with Gasteiger partial charge in [-0.05, 0) is 44.9 Å². The van der Waals surface area contributed by atoms with Crippen LogP contribution in [0.25, 0.3) is 0 Å². The van der Waals surface area contributed by atoms with Crippen LogP contribution in [-0.2, 0) is 52.4 Å². The van der Waals surface area contributed by atoms with Gasteiger partial charge in [0.05, 0.1) is 0 Å². The molecule has 4 aliphatic rings. The zero-order valence-electron chi connectivity index (χ0n) is 28.1. The van der Waals surface area contributed by atoms with Gasteiger partial charge in [0.25, 0.3) is 0 Å². The van der Waals surface area contributed by atoms with E-state index >= 15 is 0 Å². The molecule has 12 heteroatoms. The number of rotatable bonds is 10. The van der Waals surface area contributed by atoms with Gasteiger partial charge in [-0.3, -0.25) is 19.2 Å². The van der Waals surface area contributed by atoms with Crippen molar-refractivity contribution in [3.63, 3.8) is 0 Å². The van der Waals surface area contributed by atoms with Crippen LogP contribution in [0.15, 0.2) is 23.8 Å². The van der Waals surface area contributed by atoms with Gasteiger partial charge in [-0.15, -0.1) is 0 Å². The lowest BCUT2D eigenvalue weighted by molar-refractivity contribution is -0.220. The molecule has 256 valence electrons. The van der Waals surface area contributed by atoms with Gasteiger partial charge in [0.15, 0.2) is 17.3 Å². The number of carbonyl (C=O) groups is 5. The van der Waals surface area contributed by atoms with Gasteiger partial charge < -0.3 is 33.5 Å². The Kier molecular flexibility index (Phi) is 10.1. The number of aliphatic hydroxyl groups is 1. The van der Waals surface area contributed by atoms with Gasteiger partial charge in [0.1, 0.15) is 30.0 Å². The summed E-state index contributed by atoms with van der Waals surface area (Å²) >= 11 is 0. The van der Waals surface area contributed by atoms with Gasteiger partial charge in [-0.1, -0.05) is 45.6 Å². The highest BCUT2D eigenvalue weighted by atomic mass is 16.7. The van der Waals surface area contributed by atoms with E-state index in [9.17, 15) is 29.1 Å². The topological polar surface area (TPSA) is 164 Å². The maximum atomic E-state index is 13.3. The molecule has 0 bridgehead atoms. The highest BCUT2D eigenvalue weighted by Crippen LogP contribution is 2.65. The molecule has 0 aromatic heterocycles. The summed E-state index contributed by atoms with van der Waals surface area (Å²) in [4.78, 5) is 63.9. The third kappa shape index (κ3) is 6.34. The van der Waals surface area contributed by atoms with Crippen LogP contribution in [0.4, 0.5) is 0 Å². The molecule has 2 heterocycles. The molecule has 12 nitrogen and oxygen atoms in total. The monoisotopic (exact) mass is 648 g/mol. The lowest BCUT2D eigenvalue weighted by Gasteiger charge is -2.55. The summed E-state index contributed by atoms with van der Waals surface area (Å²) in [5.41, 5.74) is -5.99. The molecule has 0 aromatic rings. The first-order valence-corrected chi connectivity index (χ1v) is 16.2. The van der Waals surface area contributed by atoms with Gasteiger partial charge in [-0.25, -0.2) is 4.79 Å². The summed E-state index contributed by atoms with van der Waals surface area (Å²) < 4.78 is 35.5. The molecule has 1 N–H and O–H groups in total. The summed E-state index contributed by atoms with van der Waals surface area (Å²) in [6.07, 6.45) is 3.99. The summed E-state index contributed by atoms with van der Waals surface area (Å²) in [5.74, 6) is -4.35. The number of hydrogen-bond donors (Lipinski definition) is 1. The van der Waals surface area contributed by atoms with E-state index in [0.717, 1.165) is 25.7 Å². The SMILES string of the molecule is CCCCCCCC(=O)OC1CC(OC(C)=O)C2(C)C=CC(OC(C)=O)C(C)(O)C2C(OC(C)=O)C23OC2(C)C(=O)OC3C=C1C. The Balaban J connectivity index is 1.89. The first-order chi connectivity index (χ1) is 21.4. The number of epoxide rings is 1. The molecule has 0 aromatic carbocycles. The number of fused-ring (bicyclic) bond motifs is 1. The predicted molar refractivity (Wildman–Crippen MR) is 162 cm³/mol. The molecule has 10 atom stereocenters. The second-order valence-electron chi connectivity index (χ2n) is 13.6. The maximum Gasteiger partial charge on any atom is 0.342 e. The van der Waals surface area contributed by atoms with Crippen molar-refractivity contribution in [2.75, 3.05) is 0 Å². The molecular formula is C34H48O12. The zero-order chi connectivity index (χ0) is 34.2. The summed E-state index contributed by atoms with van der Waals surface area (Å²) in [6, 6.07) is 0. The molecule has 2 saturated heterocycles. The van der Waals surface area contributed by atoms with Crippen molar-refractivity contribution in [2.24, 2.45) is 11.3 Å². The van der Waals surface area contributed by atoms with E-state index in [2.05, 4.69) is 6.92 Å². The van der Waals surface area contributed by atoms with Crippen molar-refractivity contribution in [1.29, 1.82) is 0 Å². The second-order valence-corrected chi connectivity index (χ2v) is 13.6. The van der Waals surface area contributed by atoms with Crippen LogP contribution < -0.4 is 0 Å². The Morgan fingerprint density at radius 3 is 2.15 bits per heavy atom. The summed E-state index contributed by atoms with van der Waals surface area (Å²) in [6.45, 7) is 12.1. The minimum absolute atomic E-state index is 0.0340. The van der Waals surface area contributed by atoms with E-state index in [1.165, 1.54) is 40.7 Å². The minimum atomic E-state index is -1.96. The third-order valence-electron chi connectivity index (χ3n) is 10.1. The van der Waals surface area contributed by atoms with E-state index in [1.807, 2.05) is 0 Å². The number of unbranched alkanes of at least 4 members (excludes halogenated alkanes) is 4. The number of carbonyl (C=O) groups excluding carboxylic acids is 5. The zero-order valence-corrected chi connectivity index (χ0v) is 28.1. The average Bonchev–Trinajstić information content (AvgIpc) is 3.53. The Bertz CT molecular complexity index is 1300. The normalized spacial score (nSPS) is 39.4. The van der Waals surface area contributed by atoms with Crippen molar-refractivity contribution in [2.45, 2.75) is 148 Å². The van der Waals surface area contributed by atoms with E-state index in [0.29, 0.717) is 12.0 Å². The average molecular weight is 649 g/mol. The molecule has 2 aliphatic heterocycles. The van der Waals surface area contributed by atoms with Crippen molar-refractivity contribution >= 4 is 29.8 Å². The largest absolute Gasteiger partial charge is 0.461 e. The van der Waals surface area contributed by atoms with E-state index in [-0.39, 0.29) is 12.8 Å². The molecule has 0 radical (unpaired) electrons. The van der Waals surface area contributed by atoms with Crippen LogP contribution in [0, 0.1) is 11.3 Å².